The highest BCUT2D eigenvalue weighted by atomic mass is 19.1. The van der Waals surface area contributed by atoms with E-state index in [1.165, 1.54) is 26.3 Å². The molecule has 8 heteroatoms. The van der Waals surface area contributed by atoms with E-state index in [4.69, 9.17) is 14.3 Å². The van der Waals surface area contributed by atoms with E-state index in [0.29, 0.717) is 50.5 Å². The summed E-state index contributed by atoms with van der Waals surface area (Å²) in [5, 5.41) is 0.967. The first kappa shape index (κ1) is 25.5. The first-order chi connectivity index (χ1) is 15.4. The number of carbonyl (C=O) groups excluding carboxylic acids is 2. The average molecular weight is 447 g/mol. The second-order valence-electron chi connectivity index (χ2n) is 7.31. The molecule has 0 radical (unpaired) electrons. The number of hydrogen-bond acceptors (Lipinski definition) is 5. The highest BCUT2D eigenvalue weighted by molar-refractivity contribution is 5.94. The first-order valence-corrected chi connectivity index (χ1v) is 10.4. The molecule has 174 valence electrons. The molecule has 0 spiro atoms. The lowest BCUT2D eigenvalue weighted by Gasteiger charge is -2.22. The molecule has 0 heterocycles. The maximum atomic E-state index is 14.3. The molecule has 0 aliphatic heterocycles. The number of methoxy groups -OCH3 is 1. The van der Waals surface area contributed by atoms with Crippen molar-refractivity contribution in [3.8, 4) is 0 Å². The van der Waals surface area contributed by atoms with E-state index in [-0.39, 0.29) is 11.5 Å². The van der Waals surface area contributed by atoms with Crippen LogP contribution in [0, 0.1) is 12.7 Å². The Kier molecular flexibility index (Phi) is 10.3. The van der Waals surface area contributed by atoms with Gasteiger partial charge in [0, 0.05) is 32.8 Å². The molecule has 0 aliphatic rings. The Morgan fingerprint density at radius 2 is 1.62 bits per heavy atom. The van der Waals surface area contributed by atoms with Crippen molar-refractivity contribution in [3.05, 3.63) is 70.5 Å². The molecular weight excluding hydrogens is 415 g/mol. The maximum absolute atomic E-state index is 14.3. The summed E-state index contributed by atoms with van der Waals surface area (Å²) in [7, 11) is 4.35. The monoisotopic (exact) mass is 446 g/mol. The Labute approximate surface area is 188 Å². The van der Waals surface area contributed by atoms with Crippen LogP contribution in [0.5, 0.6) is 0 Å². The first-order valence-electron chi connectivity index (χ1n) is 10.4. The Bertz CT molecular complexity index is 888. The van der Waals surface area contributed by atoms with Gasteiger partial charge in [0.05, 0.1) is 32.5 Å². The van der Waals surface area contributed by atoms with Crippen molar-refractivity contribution in [1.29, 1.82) is 0 Å². The molecule has 2 amide bonds. The Morgan fingerprint density at radius 1 is 0.938 bits per heavy atom. The molecule has 0 atom stereocenters. The third-order valence-electron chi connectivity index (χ3n) is 5.02. The zero-order valence-electron chi connectivity index (χ0n) is 19.1. The van der Waals surface area contributed by atoms with Crippen LogP contribution in [0.4, 0.5) is 4.39 Å². The van der Waals surface area contributed by atoms with Crippen LogP contribution in [-0.4, -0.2) is 76.0 Å². The van der Waals surface area contributed by atoms with Crippen LogP contribution in [0.25, 0.3) is 0 Å². The van der Waals surface area contributed by atoms with Crippen molar-refractivity contribution in [3.63, 3.8) is 0 Å². The smallest absolute Gasteiger partial charge is 0.280 e. The van der Waals surface area contributed by atoms with Gasteiger partial charge in [-0.3, -0.25) is 14.4 Å². The second-order valence-corrected chi connectivity index (χ2v) is 7.31. The minimum Gasteiger partial charge on any atom is -0.383 e. The molecule has 7 nitrogen and oxygen atoms in total. The largest absolute Gasteiger partial charge is 0.383 e. The third-order valence-corrected chi connectivity index (χ3v) is 5.02. The van der Waals surface area contributed by atoms with Crippen molar-refractivity contribution in [2.45, 2.75) is 13.3 Å². The van der Waals surface area contributed by atoms with Crippen LogP contribution in [-0.2, 0) is 20.7 Å². The lowest BCUT2D eigenvalue weighted by atomic mass is 10.1. The van der Waals surface area contributed by atoms with Gasteiger partial charge in [-0.25, -0.2) is 9.45 Å². The predicted molar refractivity (Wildman–Crippen MR) is 119 cm³/mol. The predicted octanol–water partition coefficient (Wildman–Crippen LogP) is 3.12. The van der Waals surface area contributed by atoms with Gasteiger partial charge in [0.25, 0.3) is 11.8 Å². The number of hydrogen-bond donors (Lipinski definition) is 0. The molecule has 2 rings (SSSR count). The topological polar surface area (TPSA) is 68.3 Å². The Morgan fingerprint density at radius 3 is 2.25 bits per heavy atom. The highest BCUT2D eigenvalue weighted by Gasteiger charge is 2.17. The average Bonchev–Trinajstić information content (AvgIpc) is 2.80. The number of rotatable bonds is 12. The Balaban J connectivity index is 1.85. The van der Waals surface area contributed by atoms with E-state index < -0.39 is 11.7 Å². The molecule has 0 N–H and O–H groups in total. The van der Waals surface area contributed by atoms with E-state index in [9.17, 15) is 14.0 Å². The SMILES string of the molecule is COCCN(CCOCCc1ccc(C(=O)N(C)OC)c(F)c1)C(=O)c1ccc(C)cc1. The van der Waals surface area contributed by atoms with E-state index in [1.54, 1.807) is 18.1 Å². The molecule has 2 aromatic carbocycles. The number of aryl methyl sites for hydroxylation is 1. The third kappa shape index (κ3) is 7.40. The summed E-state index contributed by atoms with van der Waals surface area (Å²) >= 11 is 0. The van der Waals surface area contributed by atoms with Crippen molar-refractivity contribution < 1.29 is 28.3 Å². The summed E-state index contributed by atoms with van der Waals surface area (Å²) in [6, 6.07) is 11.9. The molecule has 0 saturated carbocycles. The van der Waals surface area contributed by atoms with E-state index in [1.807, 2.05) is 31.2 Å². The van der Waals surface area contributed by atoms with Gasteiger partial charge in [-0.15, -0.1) is 0 Å². The molecule has 0 aromatic heterocycles. The summed E-state index contributed by atoms with van der Waals surface area (Å²) in [5.74, 6) is -1.23. The van der Waals surface area contributed by atoms with Gasteiger partial charge in [0.15, 0.2) is 0 Å². The van der Waals surface area contributed by atoms with Gasteiger partial charge in [0.2, 0.25) is 0 Å². The van der Waals surface area contributed by atoms with Gasteiger partial charge in [-0.2, -0.15) is 0 Å². The fourth-order valence-electron chi connectivity index (χ4n) is 3.00. The molecule has 0 fully saturated rings. The van der Waals surface area contributed by atoms with Gasteiger partial charge < -0.3 is 14.4 Å². The zero-order chi connectivity index (χ0) is 23.5. The number of halogens is 1. The van der Waals surface area contributed by atoms with Crippen LogP contribution in [0.3, 0.4) is 0 Å². The summed E-state index contributed by atoms with van der Waals surface area (Å²) in [5.41, 5.74) is 2.37. The van der Waals surface area contributed by atoms with Crippen LogP contribution in [0.2, 0.25) is 0 Å². The standard InChI is InChI=1S/C24H31FN2O5/c1-18-5-8-20(9-6-18)23(28)27(12-15-30-3)13-16-32-14-11-19-7-10-21(22(25)17-19)24(29)26(2)31-4/h5-10,17H,11-16H2,1-4H3. The lowest BCUT2D eigenvalue weighted by molar-refractivity contribution is -0.0759. The maximum Gasteiger partial charge on any atom is 0.280 e. The van der Waals surface area contributed by atoms with Gasteiger partial charge in [0.1, 0.15) is 5.82 Å². The van der Waals surface area contributed by atoms with Crippen LogP contribution in [0.1, 0.15) is 31.8 Å². The lowest BCUT2D eigenvalue weighted by Crippen LogP contribution is -2.36. The van der Waals surface area contributed by atoms with E-state index in [2.05, 4.69) is 0 Å². The van der Waals surface area contributed by atoms with Crippen LogP contribution in [0.15, 0.2) is 42.5 Å². The summed E-state index contributed by atoms with van der Waals surface area (Å²) in [4.78, 5) is 31.3. The van der Waals surface area contributed by atoms with Crippen LogP contribution < -0.4 is 0 Å². The number of hydroxylamine groups is 2. The van der Waals surface area contributed by atoms with E-state index >= 15 is 0 Å². The van der Waals surface area contributed by atoms with Crippen molar-refractivity contribution in [2.24, 2.45) is 0 Å². The summed E-state index contributed by atoms with van der Waals surface area (Å²) in [6.07, 6.45) is 0.482. The molecule has 32 heavy (non-hydrogen) atoms. The summed E-state index contributed by atoms with van der Waals surface area (Å²) in [6.45, 7) is 3.99. The van der Waals surface area contributed by atoms with Gasteiger partial charge in [-0.1, -0.05) is 23.8 Å². The fourth-order valence-corrected chi connectivity index (χ4v) is 3.00. The number of amides is 2. The molecular formula is C24H31FN2O5. The fraction of sp³-hybridized carbons (Fsp3) is 0.417. The number of benzene rings is 2. The quantitative estimate of drug-likeness (QED) is 0.370. The second kappa shape index (κ2) is 12.9. The van der Waals surface area contributed by atoms with Crippen molar-refractivity contribution in [1.82, 2.24) is 9.96 Å². The molecule has 0 bridgehead atoms. The minimum absolute atomic E-state index is 0.0533. The summed E-state index contributed by atoms with van der Waals surface area (Å²) < 4.78 is 25.1. The normalized spacial score (nSPS) is 10.8. The molecule has 0 aliphatic carbocycles. The number of nitrogens with zero attached hydrogens (tertiary/aromatic N) is 2. The van der Waals surface area contributed by atoms with Gasteiger partial charge in [-0.05, 0) is 43.2 Å². The minimum atomic E-state index is -0.606. The molecule has 0 saturated heterocycles. The molecule has 0 unspecified atom stereocenters. The van der Waals surface area contributed by atoms with Crippen molar-refractivity contribution in [2.75, 3.05) is 54.2 Å². The van der Waals surface area contributed by atoms with Crippen molar-refractivity contribution >= 4 is 11.8 Å². The molecule has 2 aromatic rings. The van der Waals surface area contributed by atoms with Gasteiger partial charge >= 0.3 is 0 Å². The number of ether oxygens (including phenoxy) is 2. The Hall–Kier alpha value is -2.81. The van der Waals surface area contributed by atoms with Crippen LogP contribution >= 0.6 is 0 Å². The van der Waals surface area contributed by atoms with E-state index in [0.717, 1.165) is 10.6 Å². The zero-order valence-corrected chi connectivity index (χ0v) is 19.1. The highest BCUT2D eigenvalue weighted by Crippen LogP contribution is 2.13. The number of carbonyl (C=O) groups is 2.